The molecule has 0 radical (unpaired) electrons. The smallest absolute Gasteiger partial charge is 0.270 e. The minimum absolute atomic E-state index is 0.0226. The van der Waals surface area contributed by atoms with E-state index in [1.807, 2.05) is 0 Å². The van der Waals surface area contributed by atoms with Crippen LogP contribution >= 0.6 is 11.5 Å². The Morgan fingerprint density at radius 3 is 2.56 bits per heavy atom. The third kappa shape index (κ3) is 6.17. The number of morpholine rings is 1. The van der Waals surface area contributed by atoms with Gasteiger partial charge in [0, 0.05) is 32.2 Å². The summed E-state index contributed by atoms with van der Waals surface area (Å²) in [4.78, 5) is 41.9. The Morgan fingerprint density at radius 2 is 1.94 bits per heavy atom. The summed E-state index contributed by atoms with van der Waals surface area (Å²) in [6.45, 7) is 6.04. The zero-order valence-electron chi connectivity index (χ0n) is 18.7. The largest absolute Gasteiger partial charge is 0.395 e. The minimum atomic E-state index is -0.778. The van der Waals surface area contributed by atoms with Gasteiger partial charge in [-0.15, -0.1) is 0 Å². The lowest BCUT2D eigenvalue weighted by Gasteiger charge is -2.32. The van der Waals surface area contributed by atoms with Gasteiger partial charge in [0.15, 0.2) is 5.69 Å². The lowest BCUT2D eigenvalue weighted by atomic mass is 9.95. The first-order valence-electron chi connectivity index (χ1n) is 11.3. The monoisotopic (exact) mass is 466 g/mol. The number of ether oxygens (including phenoxy) is 1. The van der Waals surface area contributed by atoms with E-state index < -0.39 is 17.9 Å². The quantitative estimate of drug-likeness (QED) is 0.489. The minimum Gasteiger partial charge on any atom is -0.395 e. The van der Waals surface area contributed by atoms with Crippen LogP contribution in [-0.2, 0) is 9.53 Å². The van der Waals surface area contributed by atoms with Crippen molar-refractivity contribution in [1.29, 1.82) is 0 Å². The summed E-state index contributed by atoms with van der Waals surface area (Å²) in [5.41, 5.74) is 11.2. The van der Waals surface area contributed by atoms with Gasteiger partial charge < -0.3 is 26.4 Å². The molecule has 1 saturated carbocycles. The van der Waals surface area contributed by atoms with Crippen LogP contribution in [-0.4, -0.2) is 83.4 Å². The van der Waals surface area contributed by atoms with E-state index in [4.69, 9.17) is 16.2 Å². The summed E-state index contributed by atoms with van der Waals surface area (Å²) in [5, 5.41) is 3.11. The summed E-state index contributed by atoms with van der Waals surface area (Å²) in [5.74, 6) is -1.35. The van der Waals surface area contributed by atoms with Crippen molar-refractivity contribution in [2.24, 2.45) is 5.73 Å². The highest BCUT2D eigenvalue weighted by atomic mass is 32.1. The summed E-state index contributed by atoms with van der Waals surface area (Å²) in [6, 6.07) is -0.522. The Balaban J connectivity index is 1.70. The number of anilines is 1. The Kier molecular flexibility index (Phi) is 8.83. The maximum absolute atomic E-state index is 13.4. The number of nitrogens with zero attached hydrogens (tertiary/aromatic N) is 3. The summed E-state index contributed by atoms with van der Waals surface area (Å²) >= 11 is 0.842. The second-order valence-corrected chi connectivity index (χ2v) is 9.24. The number of nitrogen functional groups attached to an aromatic ring is 1. The van der Waals surface area contributed by atoms with Crippen molar-refractivity contribution >= 4 is 34.9 Å². The zero-order valence-corrected chi connectivity index (χ0v) is 19.5. The molecule has 32 heavy (non-hydrogen) atoms. The molecule has 5 N–H and O–H groups in total. The molecule has 1 aliphatic heterocycles. The number of hydrogen-bond donors (Lipinski definition) is 3. The van der Waals surface area contributed by atoms with Crippen molar-refractivity contribution in [2.75, 3.05) is 45.1 Å². The van der Waals surface area contributed by atoms with Gasteiger partial charge in [-0.05, 0) is 37.7 Å². The van der Waals surface area contributed by atoms with E-state index in [9.17, 15) is 14.4 Å². The Labute approximate surface area is 192 Å². The average Bonchev–Trinajstić information content (AvgIpc) is 3.19. The lowest BCUT2D eigenvalue weighted by molar-refractivity contribution is -0.126. The lowest BCUT2D eigenvalue weighted by Crippen LogP contribution is -2.51. The van der Waals surface area contributed by atoms with Crippen LogP contribution in [0.5, 0.6) is 0 Å². The molecule has 10 nitrogen and oxygen atoms in total. The fraction of sp³-hybridized carbons (Fsp3) is 0.714. The van der Waals surface area contributed by atoms with Crippen LogP contribution in [0.2, 0.25) is 0 Å². The predicted molar refractivity (Wildman–Crippen MR) is 122 cm³/mol. The number of rotatable bonds is 9. The van der Waals surface area contributed by atoms with Crippen molar-refractivity contribution in [3.8, 4) is 0 Å². The topological polar surface area (TPSA) is 144 Å². The number of carbonyl (C=O) groups is 3. The van der Waals surface area contributed by atoms with Crippen LogP contribution in [0.15, 0.2) is 0 Å². The third-order valence-corrected chi connectivity index (χ3v) is 7.04. The van der Waals surface area contributed by atoms with E-state index in [0.717, 1.165) is 56.9 Å². The van der Waals surface area contributed by atoms with Crippen LogP contribution in [0.4, 0.5) is 5.69 Å². The van der Waals surface area contributed by atoms with Gasteiger partial charge >= 0.3 is 0 Å². The molecule has 1 unspecified atom stereocenters. The molecule has 3 rings (SSSR count). The highest BCUT2D eigenvalue weighted by Gasteiger charge is 2.31. The van der Waals surface area contributed by atoms with E-state index in [-0.39, 0.29) is 28.2 Å². The molecule has 1 saturated heterocycles. The number of amides is 3. The molecule has 1 aliphatic carbocycles. The Hall–Kier alpha value is -2.24. The molecule has 0 bridgehead atoms. The number of hydrogen-bond acceptors (Lipinski definition) is 8. The molecule has 178 valence electrons. The van der Waals surface area contributed by atoms with E-state index in [1.54, 1.807) is 6.92 Å². The van der Waals surface area contributed by atoms with Crippen LogP contribution in [0.25, 0.3) is 0 Å². The fourth-order valence-corrected chi connectivity index (χ4v) is 4.99. The van der Waals surface area contributed by atoms with Crippen LogP contribution in [0.1, 0.15) is 65.6 Å². The fourth-order valence-electron chi connectivity index (χ4n) is 4.23. The van der Waals surface area contributed by atoms with Crippen molar-refractivity contribution in [2.45, 2.75) is 57.5 Å². The molecule has 0 spiro atoms. The number of aromatic nitrogens is 1. The van der Waals surface area contributed by atoms with Crippen molar-refractivity contribution in [3.05, 3.63) is 10.6 Å². The van der Waals surface area contributed by atoms with E-state index in [2.05, 4.69) is 14.6 Å². The van der Waals surface area contributed by atoms with Crippen molar-refractivity contribution < 1.29 is 19.1 Å². The van der Waals surface area contributed by atoms with Gasteiger partial charge in [-0.3, -0.25) is 19.3 Å². The normalized spacial score (nSPS) is 18.8. The SMILES string of the molecule is CC(C(=O)NC1CCCCC1)N(CCCN1CCOCC1)C(=O)c1snc(C(N)=O)c1N. The molecule has 1 aromatic rings. The molecule has 11 heteroatoms. The highest BCUT2D eigenvalue weighted by Crippen LogP contribution is 2.24. The second-order valence-electron chi connectivity index (χ2n) is 8.46. The first-order chi connectivity index (χ1) is 15.4. The van der Waals surface area contributed by atoms with Gasteiger partial charge in [0.25, 0.3) is 11.8 Å². The summed E-state index contributed by atoms with van der Waals surface area (Å²) in [7, 11) is 0. The second kappa shape index (κ2) is 11.6. The first-order valence-corrected chi connectivity index (χ1v) is 12.1. The third-order valence-electron chi connectivity index (χ3n) is 6.19. The number of nitrogens with two attached hydrogens (primary N) is 2. The van der Waals surface area contributed by atoms with Gasteiger partial charge in [-0.25, -0.2) is 0 Å². The van der Waals surface area contributed by atoms with Gasteiger partial charge in [-0.1, -0.05) is 19.3 Å². The molecular weight excluding hydrogens is 432 g/mol. The maximum atomic E-state index is 13.4. The summed E-state index contributed by atoms with van der Waals surface area (Å²) < 4.78 is 9.33. The van der Waals surface area contributed by atoms with E-state index in [1.165, 1.54) is 11.3 Å². The molecule has 1 atom stereocenters. The van der Waals surface area contributed by atoms with Crippen LogP contribution in [0.3, 0.4) is 0 Å². The predicted octanol–water partition coefficient (Wildman–Crippen LogP) is 0.826. The zero-order chi connectivity index (χ0) is 23.1. The van der Waals surface area contributed by atoms with Crippen molar-refractivity contribution in [3.63, 3.8) is 0 Å². The molecular formula is C21H34N6O4S. The Morgan fingerprint density at radius 1 is 1.25 bits per heavy atom. The number of primary amides is 1. The van der Waals surface area contributed by atoms with Gasteiger partial charge in [0.05, 0.1) is 18.9 Å². The molecule has 2 fully saturated rings. The maximum Gasteiger partial charge on any atom is 0.270 e. The highest BCUT2D eigenvalue weighted by molar-refractivity contribution is 7.09. The summed E-state index contributed by atoms with van der Waals surface area (Å²) in [6.07, 6.45) is 6.04. The first kappa shape index (κ1) is 24.4. The van der Waals surface area contributed by atoms with Gasteiger partial charge in [0.2, 0.25) is 5.91 Å². The van der Waals surface area contributed by atoms with Gasteiger partial charge in [-0.2, -0.15) is 4.37 Å². The molecule has 2 heterocycles. The molecule has 2 aliphatic rings. The molecule has 0 aromatic carbocycles. The van der Waals surface area contributed by atoms with Gasteiger partial charge in [0.1, 0.15) is 10.9 Å². The van der Waals surface area contributed by atoms with Crippen molar-refractivity contribution in [1.82, 2.24) is 19.5 Å². The van der Waals surface area contributed by atoms with Crippen LogP contribution in [0, 0.1) is 0 Å². The molecule has 3 amide bonds. The average molecular weight is 467 g/mol. The van der Waals surface area contributed by atoms with E-state index in [0.29, 0.717) is 26.2 Å². The Bertz CT molecular complexity index is 804. The number of carbonyl (C=O) groups excluding carboxylic acids is 3. The standard InChI is InChI=1S/C21H34N6O4S/c1-14(20(29)24-15-6-3-2-4-7-15)27(9-5-8-26-10-12-31-13-11-26)21(30)18-16(22)17(19(23)28)25-32-18/h14-15H,2-13,22H2,1H3,(H2,23,28)(H,24,29). The number of nitrogens with one attached hydrogen (secondary N) is 1. The van der Waals surface area contributed by atoms with E-state index >= 15 is 0 Å². The van der Waals surface area contributed by atoms with Crippen LogP contribution < -0.4 is 16.8 Å². The molecule has 1 aromatic heterocycles.